The zero-order valence-electron chi connectivity index (χ0n) is 10.0. The molecule has 1 N–H and O–H groups in total. The van der Waals surface area contributed by atoms with Gasteiger partial charge in [-0.15, -0.1) is 0 Å². The normalized spacial score (nSPS) is 18.6. The Labute approximate surface area is 106 Å². The minimum absolute atomic E-state index is 0.126. The highest BCUT2D eigenvalue weighted by atomic mass is 16.7. The molecule has 18 heavy (non-hydrogen) atoms. The van der Waals surface area contributed by atoms with E-state index >= 15 is 0 Å². The molecular formula is C15H14O3. The number of aromatic hydroxyl groups is 1. The number of phenols is 1. The first-order valence-corrected chi connectivity index (χ1v) is 5.95. The van der Waals surface area contributed by atoms with Gasteiger partial charge >= 0.3 is 0 Å². The van der Waals surface area contributed by atoms with Gasteiger partial charge in [-0.1, -0.05) is 37.3 Å². The number of fused-ring (bicyclic) bond motifs is 1. The van der Waals surface area contributed by atoms with Crippen LogP contribution < -0.4 is 9.47 Å². The lowest BCUT2D eigenvalue weighted by atomic mass is 10.0. The highest BCUT2D eigenvalue weighted by Gasteiger charge is 2.30. The van der Waals surface area contributed by atoms with Crippen LogP contribution in [0, 0.1) is 0 Å². The second kappa shape index (κ2) is 4.26. The lowest BCUT2D eigenvalue weighted by Crippen LogP contribution is -2.25. The van der Waals surface area contributed by atoms with Crippen LogP contribution in [0.2, 0.25) is 0 Å². The molecule has 0 bridgehead atoms. The minimum atomic E-state index is -0.343. The summed E-state index contributed by atoms with van der Waals surface area (Å²) < 4.78 is 11.5. The van der Waals surface area contributed by atoms with Crippen LogP contribution in [-0.2, 0) is 0 Å². The van der Waals surface area contributed by atoms with Crippen LogP contribution in [0.25, 0.3) is 0 Å². The van der Waals surface area contributed by atoms with E-state index in [4.69, 9.17) is 9.47 Å². The average molecular weight is 242 g/mol. The Balaban J connectivity index is 1.82. The van der Waals surface area contributed by atoms with Crippen LogP contribution in [0.15, 0.2) is 48.5 Å². The molecule has 2 atom stereocenters. The molecule has 0 aliphatic carbocycles. The first-order valence-electron chi connectivity index (χ1n) is 5.95. The van der Waals surface area contributed by atoms with Gasteiger partial charge in [-0.05, 0) is 17.7 Å². The number of rotatable bonds is 2. The third-order valence-corrected chi connectivity index (χ3v) is 3.15. The molecule has 2 unspecified atom stereocenters. The Morgan fingerprint density at radius 3 is 2.50 bits per heavy atom. The van der Waals surface area contributed by atoms with E-state index in [0.29, 0.717) is 11.5 Å². The smallest absolute Gasteiger partial charge is 0.248 e. The molecule has 1 aliphatic heterocycles. The van der Waals surface area contributed by atoms with Crippen LogP contribution in [0.4, 0.5) is 0 Å². The number of benzene rings is 2. The van der Waals surface area contributed by atoms with Gasteiger partial charge < -0.3 is 14.6 Å². The SMILES string of the molecule is CC(c1ccccc1)C1Oc2ccc(O)cc2O1. The van der Waals surface area contributed by atoms with E-state index in [2.05, 4.69) is 19.1 Å². The van der Waals surface area contributed by atoms with Gasteiger partial charge in [0.15, 0.2) is 11.5 Å². The Morgan fingerprint density at radius 2 is 1.72 bits per heavy atom. The largest absolute Gasteiger partial charge is 0.508 e. The predicted molar refractivity (Wildman–Crippen MR) is 68.0 cm³/mol. The zero-order valence-corrected chi connectivity index (χ0v) is 10.0. The fourth-order valence-corrected chi connectivity index (χ4v) is 2.08. The zero-order chi connectivity index (χ0) is 12.5. The van der Waals surface area contributed by atoms with Crippen molar-refractivity contribution in [3.8, 4) is 17.2 Å². The first-order chi connectivity index (χ1) is 8.74. The summed E-state index contributed by atoms with van der Waals surface area (Å²) in [6, 6.07) is 15.0. The van der Waals surface area contributed by atoms with Gasteiger partial charge in [-0.25, -0.2) is 0 Å². The molecule has 0 aromatic heterocycles. The summed E-state index contributed by atoms with van der Waals surface area (Å²) in [5.41, 5.74) is 1.17. The van der Waals surface area contributed by atoms with Crippen LogP contribution in [0.3, 0.4) is 0 Å². The van der Waals surface area contributed by atoms with E-state index in [1.165, 1.54) is 5.56 Å². The molecular weight excluding hydrogens is 228 g/mol. The van der Waals surface area contributed by atoms with Crippen molar-refractivity contribution < 1.29 is 14.6 Å². The standard InChI is InChI=1S/C15H14O3/c1-10(11-5-3-2-4-6-11)15-17-13-8-7-12(16)9-14(13)18-15/h2-10,15-16H,1H3. The number of hydrogen-bond donors (Lipinski definition) is 1. The van der Waals surface area contributed by atoms with Gasteiger partial charge in [-0.3, -0.25) is 0 Å². The lowest BCUT2D eigenvalue weighted by Gasteiger charge is -2.18. The second-order valence-electron chi connectivity index (χ2n) is 4.43. The molecule has 0 saturated carbocycles. The monoisotopic (exact) mass is 242 g/mol. The Morgan fingerprint density at radius 1 is 1.00 bits per heavy atom. The van der Waals surface area contributed by atoms with E-state index in [1.54, 1.807) is 18.2 Å². The van der Waals surface area contributed by atoms with E-state index in [-0.39, 0.29) is 18.0 Å². The third kappa shape index (κ3) is 1.88. The van der Waals surface area contributed by atoms with Crippen molar-refractivity contribution in [2.75, 3.05) is 0 Å². The molecule has 0 fully saturated rings. The van der Waals surface area contributed by atoms with Crippen molar-refractivity contribution in [2.24, 2.45) is 0 Å². The van der Waals surface area contributed by atoms with Gasteiger partial charge in [0.1, 0.15) is 5.75 Å². The molecule has 0 spiro atoms. The van der Waals surface area contributed by atoms with E-state index in [0.717, 1.165) is 0 Å². The number of hydrogen-bond acceptors (Lipinski definition) is 3. The van der Waals surface area contributed by atoms with Gasteiger partial charge in [0, 0.05) is 6.07 Å². The van der Waals surface area contributed by atoms with Crippen molar-refractivity contribution in [3.63, 3.8) is 0 Å². The first kappa shape index (κ1) is 11.0. The topological polar surface area (TPSA) is 38.7 Å². The molecule has 0 amide bonds. The summed E-state index contributed by atoms with van der Waals surface area (Å²) in [5, 5.41) is 9.40. The van der Waals surface area contributed by atoms with Crippen molar-refractivity contribution >= 4 is 0 Å². The fourth-order valence-electron chi connectivity index (χ4n) is 2.08. The average Bonchev–Trinajstić information content (AvgIpc) is 2.81. The third-order valence-electron chi connectivity index (χ3n) is 3.15. The molecule has 2 aromatic carbocycles. The summed E-state index contributed by atoms with van der Waals surface area (Å²) in [4.78, 5) is 0. The van der Waals surface area contributed by atoms with Crippen LogP contribution in [-0.4, -0.2) is 11.4 Å². The maximum Gasteiger partial charge on any atom is 0.248 e. The molecule has 1 aliphatic rings. The molecule has 92 valence electrons. The predicted octanol–water partition coefficient (Wildman–Crippen LogP) is 3.29. The van der Waals surface area contributed by atoms with Crippen molar-refractivity contribution in [2.45, 2.75) is 19.1 Å². The van der Waals surface area contributed by atoms with Crippen molar-refractivity contribution in [1.29, 1.82) is 0 Å². The highest BCUT2D eigenvalue weighted by Crippen LogP contribution is 2.40. The van der Waals surface area contributed by atoms with Crippen molar-refractivity contribution in [1.82, 2.24) is 0 Å². The van der Waals surface area contributed by atoms with Gasteiger partial charge in [0.25, 0.3) is 0 Å². The molecule has 2 aromatic rings. The molecule has 0 radical (unpaired) electrons. The van der Waals surface area contributed by atoms with Crippen LogP contribution in [0.5, 0.6) is 17.2 Å². The number of phenolic OH excluding ortho intramolecular Hbond substituents is 1. The summed E-state index contributed by atoms with van der Waals surface area (Å²) in [5.74, 6) is 1.59. The Hall–Kier alpha value is -2.16. The van der Waals surface area contributed by atoms with Crippen LogP contribution >= 0.6 is 0 Å². The van der Waals surface area contributed by atoms with Crippen LogP contribution in [0.1, 0.15) is 18.4 Å². The second-order valence-corrected chi connectivity index (χ2v) is 4.43. The highest BCUT2D eigenvalue weighted by molar-refractivity contribution is 5.47. The summed E-state index contributed by atoms with van der Waals surface area (Å²) in [6.07, 6.45) is -0.343. The lowest BCUT2D eigenvalue weighted by molar-refractivity contribution is 0.0289. The Bertz CT molecular complexity index is 551. The summed E-state index contributed by atoms with van der Waals surface area (Å²) in [7, 11) is 0. The quantitative estimate of drug-likeness (QED) is 0.878. The van der Waals surface area contributed by atoms with Gasteiger partial charge in [-0.2, -0.15) is 0 Å². The fraction of sp³-hybridized carbons (Fsp3) is 0.200. The molecule has 3 heteroatoms. The number of ether oxygens (including phenoxy) is 2. The van der Waals surface area contributed by atoms with E-state index in [1.807, 2.05) is 18.2 Å². The minimum Gasteiger partial charge on any atom is -0.508 e. The molecule has 0 saturated heterocycles. The van der Waals surface area contributed by atoms with Gasteiger partial charge in [0.2, 0.25) is 6.29 Å². The maximum absolute atomic E-state index is 9.40. The Kier molecular flexibility index (Phi) is 2.59. The molecule has 3 nitrogen and oxygen atoms in total. The van der Waals surface area contributed by atoms with Crippen molar-refractivity contribution in [3.05, 3.63) is 54.1 Å². The molecule has 1 heterocycles. The van der Waals surface area contributed by atoms with E-state index < -0.39 is 0 Å². The summed E-state index contributed by atoms with van der Waals surface area (Å²) in [6.45, 7) is 2.06. The van der Waals surface area contributed by atoms with E-state index in [9.17, 15) is 5.11 Å². The summed E-state index contributed by atoms with van der Waals surface area (Å²) >= 11 is 0. The maximum atomic E-state index is 9.40. The molecule has 3 rings (SSSR count). The van der Waals surface area contributed by atoms with Gasteiger partial charge in [0.05, 0.1) is 5.92 Å².